The van der Waals surface area contributed by atoms with E-state index in [1.807, 2.05) is 36.5 Å². The molecule has 0 N–H and O–H groups in total. The smallest absolute Gasteiger partial charge is 0.337 e. The van der Waals surface area contributed by atoms with Crippen molar-refractivity contribution in [2.75, 3.05) is 0 Å². The number of aromatic nitrogens is 1. The second-order valence-electron chi connectivity index (χ2n) is 6.90. The summed E-state index contributed by atoms with van der Waals surface area (Å²) >= 11 is 0. The molecular weight excluding hydrogens is 334 g/mol. The fraction of sp³-hybridized carbons (Fsp3) is 0.417. The Morgan fingerprint density at radius 2 is 1.85 bits per heavy atom. The Labute approximate surface area is 163 Å². The van der Waals surface area contributed by atoms with Gasteiger partial charge in [-0.1, -0.05) is 82.0 Å². The lowest BCUT2D eigenvalue weighted by Gasteiger charge is -2.11. The van der Waals surface area contributed by atoms with Crippen molar-refractivity contribution in [3.8, 4) is 5.88 Å². The fourth-order valence-electron chi connectivity index (χ4n) is 3.09. The Morgan fingerprint density at radius 3 is 2.52 bits per heavy atom. The Hall–Kier alpha value is -2.42. The lowest BCUT2D eigenvalue weighted by Crippen LogP contribution is -2.06. The molecule has 1 unspecified atom stereocenters. The molecule has 0 aliphatic rings. The van der Waals surface area contributed by atoms with E-state index in [0.717, 1.165) is 19.3 Å². The quantitative estimate of drug-likeness (QED) is 0.268. The number of benzene rings is 1. The maximum Gasteiger partial charge on any atom is 0.337 e. The monoisotopic (exact) mass is 365 g/mol. The number of allylic oxidation sites excluding steroid dienone is 1. The largest absolute Gasteiger partial charge is 0.404 e. The number of unbranched alkanes of at least 4 members (excludes halogenated alkanes) is 3. The van der Waals surface area contributed by atoms with Crippen molar-refractivity contribution < 1.29 is 9.53 Å². The van der Waals surface area contributed by atoms with E-state index in [0.29, 0.717) is 5.88 Å². The van der Waals surface area contributed by atoms with Crippen molar-refractivity contribution >= 4 is 5.97 Å². The molecule has 1 aromatic carbocycles. The van der Waals surface area contributed by atoms with Gasteiger partial charge >= 0.3 is 5.97 Å². The van der Waals surface area contributed by atoms with Crippen molar-refractivity contribution in [1.29, 1.82) is 0 Å². The maximum atomic E-state index is 12.1. The molecule has 0 aliphatic carbocycles. The zero-order chi connectivity index (χ0) is 19.3. The Morgan fingerprint density at radius 1 is 1.04 bits per heavy atom. The lowest BCUT2D eigenvalue weighted by atomic mass is 9.94. The standard InChI is InChI=1S/C24H31NO2/c1-3-5-6-8-12-20-15-17-23(25-19-20)27-24(26)18-16-21(11-4-2)22-13-9-7-10-14-22/h7,9-10,13-19,21H,3-6,8,11-12H2,1-2H3. The van der Waals surface area contributed by atoms with Crippen LogP contribution in [0, 0.1) is 0 Å². The molecule has 2 rings (SSSR count). The van der Waals surface area contributed by atoms with E-state index in [4.69, 9.17) is 4.74 Å². The first-order chi connectivity index (χ1) is 13.2. The molecule has 0 saturated carbocycles. The van der Waals surface area contributed by atoms with Crippen LogP contribution in [0.2, 0.25) is 0 Å². The van der Waals surface area contributed by atoms with Gasteiger partial charge in [0.2, 0.25) is 5.88 Å². The summed E-state index contributed by atoms with van der Waals surface area (Å²) in [6, 6.07) is 14.0. The van der Waals surface area contributed by atoms with Crippen molar-refractivity contribution in [3.63, 3.8) is 0 Å². The number of nitrogens with zero attached hydrogens (tertiary/aromatic N) is 1. The van der Waals surface area contributed by atoms with Crippen molar-refractivity contribution in [2.24, 2.45) is 0 Å². The second kappa shape index (κ2) is 12.1. The molecule has 2 aromatic rings. The second-order valence-corrected chi connectivity index (χ2v) is 6.90. The predicted octanol–water partition coefficient (Wildman–Crippen LogP) is 6.25. The third-order valence-electron chi connectivity index (χ3n) is 4.61. The summed E-state index contributed by atoms with van der Waals surface area (Å²) in [4.78, 5) is 16.4. The van der Waals surface area contributed by atoms with Gasteiger partial charge in [-0.25, -0.2) is 9.78 Å². The van der Waals surface area contributed by atoms with E-state index in [1.165, 1.54) is 42.9 Å². The zero-order valence-corrected chi connectivity index (χ0v) is 16.6. The highest BCUT2D eigenvalue weighted by molar-refractivity contribution is 5.83. The van der Waals surface area contributed by atoms with Gasteiger partial charge in [-0.05, 0) is 30.4 Å². The highest BCUT2D eigenvalue weighted by Crippen LogP contribution is 2.22. The van der Waals surface area contributed by atoms with Crippen LogP contribution in [0.1, 0.15) is 69.4 Å². The summed E-state index contributed by atoms with van der Waals surface area (Å²) in [5.74, 6) is 0.200. The minimum atomic E-state index is -0.379. The van der Waals surface area contributed by atoms with E-state index in [-0.39, 0.29) is 11.9 Å². The lowest BCUT2D eigenvalue weighted by molar-refractivity contribution is -0.129. The SMILES string of the molecule is CCCCCCc1ccc(OC(=O)C=CC(CCC)c2ccccc2)nc1. The van der Waals surface area contributed by atoms with Crippen LogP contribution in [0.5, 0.6) is 5.88 Å². The molecular formula is C24H31NO2. The molecule has 0 fully saturated rings. The number of esters is 1. The van der Waals surface area contributed by atoms with Crippen LogP contribution in [-0.4, -0.2) is 11.0 Å². The molecule has 1 atom stereocenters. The first-order valence-electron chi connectivity index (χ1n) is 10.1. The number of pyridine rings is 1. The fourth-order valence-corrected chi connectivity index (χ4v) is 3.09. The number of hydrogen-bond acceptors (Lipinski definition) is 3. The van der Waals surface area contributed by atoms with Crippen LogP contribution in [-0.2, 0) is 11.2 Å². The maximum absolute atomic E-state index is 12.1. The van der Waals surface area contributed by atoms with Gasteiger partial charge < -0.3 is 4.74 Å². The van der Waals surface area contributed by atoms with Gasteiger partial charge in [0.1, 0.15) is 0 Å². The van der Waals surface area contributed by atoms with E-state index in [9.17, 15) is 4.79 Å². The van der Waals surface area contributed by atoms with Crippen LogP contribution in [0.4, 0.5) is 0 Å². The normalized spacial score (nSPS) is 12.2. The molecule has 0 spiro atoms. The average Bonchev–Trinajstić information content (AvgIpc) is 2.70. The predicted molar refractivity (Wildman–Crippen MR) is 111 cm³/mol. The first-order valence-corrected chi connectivity index (χ1v) is 10.1. The molecule has 0 radical (unpaired) electrons. The van der Waals surface area contributed by atoms with Gasteiger partial charge in [0.25, 0.3) is 0 Å². The highest BCUT2D eigenvalue weighted by Gasteiger charge is 2.08. The number of carbonyl (C=O) groups is 1. The summed E-state index contributed by atoms with van der Waals surface area (Å²) in [6.07, 6.45) is 13.3. The number of aryl methyl sites for hydroxylation is 1. The van der Waals surface area contributed by atoms with Crippen molar-refractivity contribution in [2.45, 2.75) is 64.7 Å². The van der Waals surface area contributed by atoms with Gasteiger partial charge in [0.05, 0.1) is 0 Å². The minimum absolute atomic E-state index is 0.224. The van der Waals surface area contributed by atoms with E-state index in [2.05, 4.69) is 31.0 Å². The molecule has 0 aliphatic heterocycles. The first kappa shape index (κ1) is 20.9. The molecule has 144 valence electrons. The third kappa shape index (κ3) is 7.78. The van der Waals surface area contributed by atoms with Gasteiger partial charge in [0, 0.05) is 24.3 Å². The molecule has 0 saturated heterocycles. The van der Waals surface area contributed by atoms with Crippen LogP contribution < -0.4 is 4.74 Å². The van der Waals surface area contributed by atoms with Crippen LogP contribution in [0.3, 0.4) is 0 Å². The van der Waals surface area contributed by atoms with Crippen LogP contribution >= 0.6 is 0 Å². The summed E-state index contributed by atoms with van der Waals surface area (Å²) in [6.45, 7) is 4.36. The molecule has 1 aromatic heterocycles. The molecule has 1 heterocycles. The van der Waals surface area contributed by atoms with Crippen molar-refractivity contribution in [3.05, 3.63) is 71.9 Å². The number of rotatable bonds is 11. The van der Waals surface area contributed by atoms with E-state index < -0.39 is 0 Å². The van der Waals surface area contributed by atoms with Gasteiger partial charge in [-0.3, -0.25) is 0 Å². The van der Waals surface area contributed by atoms with Gasteiger partial charge in [-0.15, -0.1) is 0 Å². The minimum Gasteiger partial charge on any atom is -0.404 e. The molecule has 0 amide bonds. The summed E-state index contributed by atoms with van der Waals surface area (Å²) in [5.41, 5.74) is 2.41. The highest BCUT2D eigenvalue weighted by atomic mass is 16.5. The molecule has 3 nitrogen and oxygen atoms in total. The number of ether oxygens (including phenoxy) is 1. The van der Waals surface area contributed by atoms with Crippen LogP contribution in [0.25, 0.3) is 0 Å². The molecule has 3 heteroatoms. The topological polar surface area (TPSA) is 39.2 Å². The Balaban J connectivity index is 1.87. The molecule has 27 heavy (non-hydrogen) atoms. The van der Waals surface area contributed by atoms with E-state index >= 15 is 0 Å². The summed E-state index contributed by atoms with van der Waals surface area (Å²) in [5, 5.41) is 0. The Kier molecular flexibility index (Phi) is 9.33. The van der Waals surface area contributed by atoms with E-state index in [1.54, 1.807) is 6.07 Å². The Bertz CT molecular complexity index is 692. The number of carbonyl (C=O) groups excluding carboxylic acids is 1. The average molecular weight is 366 g/mol. The summed E-state index contributed by atoms with van der Waals surface area (Å²) in [7, 11) is 0. The van der Waals surface area contributed by atoms with Crippen LogP contribution in [0.15, 0.2) is 60.8 Å². The summed E-state index contributed by atoms with van der Waals surface area (Å²) < 4.78 is 5.34. The van der Waals surface area contributed by atoms with Gasteiger partial charge in [0.15, 0.2) is 0 Å². The third-order valence-corrected chi connectivity index (χ3v) is 4.61. The zero-order valence-electron chi connectivity index (χ0n) is 16.6. The number of hydrogen-bond donors (Lipinski definition) is 0. The molecule has 0 bridgehead atoms. The van der Waals surface area contributed by atoms with Crippen molar-refractivity contribution in [1.82, 2.24) is 4.98 Å². The van der Waals surface area contributed by atoms with Gasteiger partial charge in [-0.2, -0.15) is 0 Å².